The number of nitrogens with one attached hydrogen (secondary N) is 2. The number of carbonyl (C=O) groups is 2. The summed E-state index contributed by atoms with van der Waals surface area (Å²) in [4.78, 5) is 27.7. The summed E-state index contributed by atoms with van der Waals surface area (Å²) in [6.45, 7) is 7.53. The van der Waals surface area contributed by atoms with Crippen LogP contribution in [0, 0.1) is 19.8 Å². The van der Waals surface area contributed by atoms with Crippen LogP contribution in [0.4, 0.5) is 9.93 Å². The van der Waals surface area contributed by atoms with Crippen LogP contribution in [0.25, 0.3) is 0 Å². The Morgan fingerprint density at radius 2 is 2.00 bits per heavy atom. The van der Waals surface area contributed by atoms with Crippen molar-refractivity contribution in [3.8, 4) is 0 Å². The number of aromatic nitrogens is 1. The lowest BCUT2D eigenvalue weighted by atomic mass is 10.0. The second-order valence-corrected chi connectivity index (χ2v) is 5.91. The van der Waals surface area contributed by atoms with E-state index in [1.807, 2.05) is 27.7 Å². The van der Waals surface area contributed by atoms with E-state index < -0.39 is 18.0 Å². The SMILES string of the molecule is Cc1nc(NC(=O)NC(CC(=O)O)C(C)C)sc1C. The number of amides is 2. The van der Waals surface area contributed by atoms with E-state index in [2.05, 4.69) is 15.6 Å². The van der Waals surface area contributed by atoms with Gasteiger partial charge >= 0.3 is 12.0 Å². The summed E-state index contributed by atoms with van der Waals surface area (Å²) >= 11 is 1.39. The Morgan fingerprint density at radius 3 is 2.42 bits per heavy atom. The van der Waals surface area contributed by atoms with Gasteiger partial charge in [-0.1, -0.05) is 13.8 Å². The number of hydrogen-bond donors (Lipinski definition) is 3. The molecule has 0 aliphatic heterocycles. The van der Waals surface area contributed by atoms with Crippen LogP contribution in [0.2, 0.25) is 0 Å². The summed E-state index contributed by atoms with van der Waals surface area (Å²) in [7, 11) is 0. The minimum atomic E-state index is -0.931. The number of urea groups is 1. The number of carboxylic acids is 1. The second-order valence-electron chi connectivity index (χ2n) is 4.71. The zero-order valence-electron chi connectivity index (χ0n) is 11.5. The van der Waals surface area contributed by atoms with Crippen LogP contribution in [0.1, 0.15) is 30.8 Å². The van der Waals surface area contributed by atoms with Crippen molar-refractivity contribution in [1.29, 1.82) is 0 Å². The van der Waals surface area contributed by atoms with Crippen LogP contribution in [-0.4, -0.2) is 28.1 Å². The molecule has 19 heavy (non-hydrogen) atoms. The normalized spacial score (nSPS) is 12.3. The van der Waals surface area contributed by atoms with E-state index in [0.29, 0.717) is 5.13 Å². The zero-order valence-corrected chi connectivity index (χ0v) is 12.3. The van der Waals surface area contributed by atoms with Gasteiger partial charge < -0.3 is 10.4 Å². The lowest BCUT2D eigenvalue weighted by Gasteiger charge is -2.20. The first-order chi connectivity index (χ1) is 8.79. The molecule has 0 spiro atoms. The number of thiazole rings is 1. The van der Waals surface area contributed by atoms with E-state index in [4.69, 9.17) is 5.11 Å². The number of anilines is 1. The van der Waals surface area contributed by atoms with Crippen molar-refractivity contribution in [3.63, 3.8) is 0 Å². The van der Waals surface area contributed by atoms with Gasteiger partial charge in [0.05, 0.1) is 12.1 Å². The van der Waals surface area contributed by atoms with E-state index >= 15 is 0 Å². The van der Waals surface area contributed by atoms with E-state index in [-0.39, 0.29) is 12.3 Å². The average molecular weight is 285 g/mol. The minimum Gasteiger partial charge on any atom is -0.481 e. The molecule has 0 aliphatic rings. The lowest BCUT2D eigenvalue weighted by molar-refractivity contribution is -0.137. The Kier molecular flexibility index (Phi) is 5.29. The molecule has 0 saturated heterocycles. The van der Waals surface area contributed by atoms with Gasteiger partial charge in [-0.05, 0) is 19.8 Å². The first-order valence-electron chi connectivity index (χ1n) is 6.03. The van der Waals surface area contributed by atoms with Gasteiger partial charge in [-0.3, -0.25) is 10.1 Å². The third-order valence-corrected chi connectivity index (χ3v) is 3.75. The molecule has 0 bridgehead atoms. The first-order valence-corrected chi connectivity index (χ1v) is 6.84. The fourth-order valence-corrected chi connectivity index (χ4v) is 2.28. The van der Waals surface area contributed by atoms with Crippen LogP contribution in [0.3, 0.4) is 0 Å². The molecule has 1 aromatic heterocycles. The Bertz CT molecular complexity index is 451. The largest absolute Gasteiger partial charge is 0.481 e. The summed E-state index contributed by atoms with van der Waals surface area (Å²) < 4.78 is 0. The predicted molar refractivity (Wildman–Crippen MR) is 74.6 cm³/mol. The Balaban J connectivity index is 2.59. The molecule has 0 fully saturated rings. The van der Waals surface area contributed by atoms with Crippen LogP contribution in [0.5, 0.6) is 0 Å². The molecule has 7 heteroatoms. The van der Waals surface area contributed by atoms with Gasteiger partial charge in [0.1, 0.15) is 0 Å². The molecule has 1 heterocycles. The molecule has 1 aromatic rings. The molecule has 0 saturated carbocycles. The van der Waals surface area contributed by atoms with Crippen molar-refractivity contribution >= 4 is 28.5 Å². The van der Waals surface area contributed by atoms with Crippen molar-refractivity contribution in [2.24, 2.45) is 5.92 Å². The summed E-state index contributed by atoms with van der Waals surface area (Å²) in [6, 6.07) is -0.826. The highest BCUT2D eigenvalue weighted by Crippen LogP contribution is 2.21. The molecule has 6 nitrogen and oxygen atoms in total. The lowest BCUT2D eigenvalue weighted by Crippen LogP contribution is -2.42. The number of rotatable bonds is 5. The van der Waals surface area contributed by atoms with Crippen LogP contribution < -0.4 is 10.6 Å². The highest BCUT2D eigenvalue weighted by Gasteiger charge is 2.19. The van der Waals surface area contributed by atoms with E-state index in [0.717, 1.165) is 10.6 Å². The Hall–Kier alpha value is -1.63. The van der Waals surface area contributed by atoms with Crippen LogP contribution in [0.15, 0.2) is 0 Å². The minimum absolute atomic E-state index is 0.0432. The second kappa shape index (κ2) is 6.51. The van der Waals surface area contributed by atoms with Crippen molar-refractivity contribution in [2.45, 2.75) is 40.2 Å². The average Bonchev–Trinajstić information content (AvgIpc) is 2.55. The quantitative estimate of drug-likeness (QED) is 0.774. The maximum Gasteiger partial charge on any atom is 0.321 e. The van der Waals surface area contributed by atoms with Gasteiger partial charge in [-0.15, -0.1) is 11.3 Å². The number of carboxylic acid groups (broad SMARTS) is 1. The van der Waals surface area contributed by atoms with Crippen LogP contribution in [-0.2, 0) is 4.79 Å². The first kappa shape index (κ1) is 15.4. The molecule has 1 atom stereocenters. The number of nitrogens with zero attached hydrogens (tertiary/aromatic N) is 1. The molecular formula is C12H19N3O3S. The summed E-state index contributed by atoms with van der Waals surface area (Å²) in [5.41, 5.74) is 0.881. The topological polar surface area (TPSA) is 91.3 Å². The highest BCUT2D eigenvalue weighted by atomic mass is 32.1. The number of hydrogen-bond acceptors (Lipinski definition) is 4. The van der Waals surface area contributed by atoms with Gasteiger partial charge in [-0.25, -0.2) is 9.78 Å². The smallest absolute Gasteiger partial charge is 0.321 e. The zero-order chi connectivity index (χ0) is 14.6. The molecule has 3 N–H and O–H groups in total. The van der Waals surface area contributed by atoms with Gasteiger partial charge in [0.2, 0.25) is 0 Å². The molecule has 0 aromatic carbocycles. The van der Waals surface area contributed by atoms with E-state index in [1.165, 1.54) is 11.3 Å². The van der Waals surface area contributed by atoms with Gasteiger partial charge in [0.15, 0.2) is 5.13 Å². The van der Waals surface area contributed by atoms with Gasteiger partial charge in [0.25, 0.3) is 0 Å². The molecule has 1 rings (SSSR count). The van der Waals surface area contributed by atoms with E-state index in [9.17, 15) is 9.59 Å². The number of carbonyl (C=O) groups excluding carboxylic acids is 1. The van der Waals surface area contributed by atoms with Crippen molar-refractivity contribution < 1.29 is 14.7 Å². The van der Waals surface area contributed by atoms with Gasteiger partial charge in [0, 0.05) is 10.9 Å². The van der Waals surface area contributed by atoms with Crippen molar-refractivity contribution in [1.82, 2.24) is 10.3 Å². The fraction of sp³-hybridized carbons (Fsp3) is 0.583. The molecule has 1 unspecified atom stereocenters. The third kappa shape index (κ3) is 4.86. The standard InChI is InChI=1S/C12H19N3O3S/c1-6(2)9(5-10(16)17)14-11(18)15-12-13-7(3)8(4)19-12/h6,9H,5H2,1-4H3,(H,16,17)(H2,13,14,15,18). The summed E-state index contributed by atoms with van der Waals surface area (Å²) in [5.74, 6) is -0.887. The summed E-state index contributed by atoms with van der Waals surface area (Å²) in [5, 5.41) is 14.6. The molecule has 106 valence electrons. The molecular weight excluding hydrogens is 266 g/mol. The highest BCUT2D eigenvalue weighted by molar-refractivity contribution is 7.15. The molecule has 0 radical (unpaired) electrons. The molecule has 2 amide bonds. The van der Waals surface area contributed by atoms with Gasteiger partial charge in [-0.2, -0.15) is 0 Å². The number of aliphatic carboxylic acids is 1. The Morgan fingerprint density at radius 1 is 1.37 bits per heavy atom. The Labute approximate surface area is 116 Å². The number of aryl methyl sites for hydroxylation is 2. The maximum atomic E-state index is 11.8. The van der Waals surface area contributed by atoms with Crippen molar-refractivity contribution in [2.75, 3.05) is 5.32 Å². The fourth-order valence-electron chi connectivity index (χ4n) is 1.47. The third-order valence-electron chi connectivity index (χ3n) is 2.76. The molecule has 0 aliphatic carbocycles. The van der Waals surface area contributed by atoms with Crippen molar-refractivity contribution in [3.05, 3.63) is 10.6 Å². The van der Waals surface area contributed by atoms with Crippen LogP contribution >= 0.6 is 11.3 Å². The summed E-state index contributed by atoms with van der Waals surface area (Å²) in [6.07, 6.45) is -0.0962. The van der Waals surface area contributed by atoms with E-state index in [1.54, 1.807) is 0 Å². The predicted octanol–water partition coefficient (Wildman–Crippen LogP) is 2.38. The maximum absolute atomic E-state index is 11.8. The monoisotopic (exact) mass is 285 g/mol.